The number of pyridine rings is 1. The number of nitrogens with zero attached hydrogens (tertiary/aromatic N) is 1. The topological polar surface area (TPSA) is 54.0 Å². The number of hydrogen-bond donors (Lipinski definition) is 2. The molecule has 1 heterocycles. The van der Waals surface area contributed by atoms with E-state index < -0.39 is 0 Å². The Hall–Kier alpha value is -1.41. The van der Waals surface area contributed by atoms with Gasteiger partial charge in [0.05, 0.1) is 5.69 Å². The molecule has 0 aliphatic heterocycles. The highest BCUT2D eigenvalue weighted by Gasteiger charge is 2.11. The molecule has 110 valence electrons. The van der Waals surface area contributed by atoms with E-state index in [1.165, 1.54) is 24.3 Å². The maximum Gasteiger partial charge on any atom is 0.255 e. The lowest BCUT2D eigenvalue weighted by molar-refractivity contribution is 0.102. The predicted octanol–water partition coefficient (Wildman–Crippen LogP) is 4.16. The van der Waals surface area contributed by atoms with E-state index in [1.807, 2.05) is 29.5 Å². The lowest BCUT2D eigenvalue weighted by atomic mass is 10.2. The van der Waals surface area contributed by atoms with Crippen molar-refractivity contribution in [3.63, 3.8) is 0 Å². The van der Waals surface area contributed by atoms with Crippen molar-refractivity contribution in [2.24, 2.45) is 0 Å². The van der Waals surface area contributed by atoms with E-state index in [9.17, 15) is 9.18 Å². The number of aromatic nitrogens is 1. The molecular weight excluding hydrogens is 408 g/mol. The highest BCUT2D eigenvalue weighted by atomic mass is 127. The number of benzene rings is 1. The van der Waals surface area contributed by atoms with Crippen molar-refractivity contribution in [2.45, 2.75) is 6.92 Å². The Kier molecular flexibility index (Phi) is 5.35. The van der Waals surface area contributed by atoms with Crippen molar-refractivity contribution in [3.05, 3.63) is 50.4 Å². The molecule has 21 heavy (non-hydrogen) atoms. The molecule has 0 radical (unpaired) electrons. The average Bonchev–Trinajstić information content (AvgIpc) is 2.41. The van der Waals surface area contributed by atoms with Crippen molar-refractivity contribution < 1.29 is 9.18 Å². The van der Waals surface area contributed by atoms with Crippen LogP contribution in [0.15, 0.2) is 30.3 Å². The molecule has 0 unspecified atom stereocenters. The minimum atomic E-state index is -0.348. The molecule has 1 aromatic heterocycles. The number of carbonyl (C=O) groups is 1. The summed E-state index contributed by atoms with van der Waals surface area (Å²) < 4.78 is 13.7. The van der Waals surface area contributed by atoms with E-state index >= 15 is 0 Å². The van der Waals surface area contributed by atoms with Crippen molar-refractivity contribution in [3.8, 4) is 0 Å². The summed E-state index contributed by atoms with van der Waals surface area (Å²) in [6.45, 7) is 2.59. The smallest absolute Gasteiger partial charge is 0.255 e. The van der Waals surface area contributed by atoms with Crippen LogP contribution in [0.4, 0.5) is 15.9 Å². The Morgan fingerprint density at radius 1 is 1.38 bits per heavy atom. The first kappa shape index (κ1) is 16.0. The number of halogens is 3. The van der Waals surface area contributed by atoms with E-state index in [2.05, 4.69) is 15.6 Å². The van der Waals surface area contributed by atoms with Crippen LogP contribution in [0.5, 0.6) is 0 Å². The van der Waals surface area contributed by atoms with Gasteiger partial charge in [-0.3, -0.25) is 4.79 Å². The zero-order chi connectivity index (χ0) is 15.4. The molecule has 2 aromatic rings. The third-order valence-electron chi connectivity index (χ3n) is 2.59. The van der Waals surface area contributed by atoms with E-state index in [4.69, 9.17) is 11.6 Å². The van der Waals surface area contributed by atoms with E-state index in [0.717, 1.165) is 0 Å². The Morgan fingerprint density at radius 2 is 2.14 bits per heavy atom. The first-order valence-corrected chi connectivity index (χ1v) is 7.63. The van der Waals surface area contributed by atoms with Crippen molar-refractivity contribution in [1.82, 2.24) is 4.98 Å². The monoisotopic (exact) mass is 419 g/mol. The number of carbonyl (C=O) groups excluding carboxylic acids is 1. The molecular formula is C14H12ClFIN3O. The van der Waals surface area contributed by atoms with Crippen molar-refractivity contribution in [1.29, 1.82) is 0 Å². The highest BCUT2D eigenvalue weighted by molar-refractivity contribution is 14.1. The van der Waals surface area contributed by atoms with Crippen molar-refractivity contribution in [2.75, 3.05) is 17.2 Å². The van der Waals surface area contributed by atoms with Crippen LogP contribution in [0.3, 0.4) is 0 Å². The van der Waals surface area contributed by atoms with Gasteiger partial charge in [0.15, 0.2) is 0 Å². The minimum absolute atomic E-state index is 0.229. The van der Waals surface area contributed by atoms with Gasteiger partial charge in [-0.25, -0.2) is 9.37 Å². The highest BCUT2D eigenvalue weighted by Crippen LogP contribution is 2.21. The summed E-state index contributed by atoms with van der Waals surface area (Å²) >= 11 is 7.86. The number of hydrogen-bond acceptors (Lipinski definition) is 3. The summed E-state index contributed by atoms with van der Waals surface area (Å²) in [4.78, 5) is 16.3. The van der Waals surface area contributed by atoms with Gasteiger partial charge in [-0.2, -0.15) is 0 Å². The molecule has 0 saturated heterocycles. The molecule has 0 spiro atoms. The van der Waals surface area contributed by atoms with Crippen LogP contribution in [0.2, 0.25) is 5.15 Å². The molecule has 0 saturated carbocycles. The molecule has 1 amide bonds. The first-order valence-electron chi connectivity index (χ1n) is 6.17. The fourth-order valence-corrected chi connectivity index (χ4v) is 2.51. The fraction of sp³-hybridized carbons (Fsp3) is 0.143. The van der Waals surface area contributed by atoms with Crippen LogP contribution >= 0.6 is 34.2 Å². The van der Waals surface area contributed by atoms with Gasteiger partial charge in [0, 0.05) is 15.7 Å². The Balaban J connectivity index is 2.23. The van der Waals surface area contributed by atoms with E-state index in [1.54, 1.807) is 6.07 Å². The van der Waals surface area contributed by atoms with Gasteiger partial charge in [0.1, 0.15) is 16.8 Å². The number of nitrogens with one attached hydrogen (secondary N) is 2. The Bertz CT molecular complexity index is 681. The average molecular weight is 420 g/mol. The van der Waals surface area contributed by atoms with Crippen LogP contribution in [-0.4, -0.2) is 17.4 Å². The largest absolute Gasteiger partial charge is 0.370 e. The van der Waals surface area contributed by atoms with Gasteiger partial charge in [-0.1, -0.05) is 11.6 Å². The van der Waals surface area contributed by atoms with Gasteiger partial charge in [0.2, 0.25) is 0 Å². The van der Waals surface area contributed by atoms with Crippen LogP contribution in [0, 0.1) is 9.39 Å². The molecule has 0 aliphatic carbocycles. The molecule has 2 rings (SSSR count). The normalized spacial score (nSPS) is 10.3. The molecule has 4 nitrogen and oxygen atoms in total. The summed E-state index contributed by atoms with van der Waals surface area (Å²) in [7, 11) is 0. The van der Waals surface area contributed by atoms with Crippen molar-refractivity contribution >= 4 is 51.6 Å². The number of rotatable bonds is 4. The van der Waals surface area contributed by atoms with Gasteiger partial charge in [0.25, 0.3) is 5.91 Å². The maximum absolute atomic E-state index is 13.0. The number of amides is 1. The van der Waals surface area contributed by atoms with Crippen LogP contribution in [0.25, 0.3) is 0 Å². The summed E-state index contributed by atoms with van der Waals surface area (Å²) in [6, 6.07) is 7.25. The molecule has 2 N–H and O–H groups in total. The maximum atomic E-state index is 13.0. The van der Waals surface area contributed by atoms with Crippen LogP contribution in [0.1, 0.15) is 17.3 Å². The lowest BCUT2D eigenvalue weighted by Crippen LogP contribution is -2.14. The third-order valence-corrected chi connectivity index (χ3v) is 3.68. The number of anilines is 2. The van der Waals surface area contributed by atoms with Crippen LogP contribution < -0.4 is 10.6 Å². The SMILES string of the molecule is CCNc1cc(C(=O)Nc2ccc(F)cc2I)cc(Cl)n1. The molecule has 1 aromatic carbocycles. The fourth-order valence-electron chi connectivity index (χ4n) is 1.69. The quantitative estimate of drug-likeness (QED) is 0.578. The second-order valence-corrected chi connectivity index (χ2v) is 5.72. The molecule has 0 aliphatic rings. The summed E-state index contributed by atoms with van der Waals surface area (Å²) in [5.74, 6) is -0.147. The molecule has 0 atom stereocenters. The Morgan fingerprint density at radius 3 is 2.81 bits per heavy atom. The first-order chi connectivity index (χ1) is 9.99. The van der Waals surface area contributed by atoms with Gasteiger partial charge < -0.3 is 10.6 Å². The van der Waals surface area contributed by atoms with Gasteiger partial charge in [-0.05, 0) is 59.8 Å². The second kappa shape index (κ2) is 7.04. The predicted molar refractivity (Wildman–Crippen MR) is 90.5 cm³/mol. The second-order valence-electron chi connectivity index (χ2n) is 4.17. The van der Waals surface area contributed by atoms with Crippen LogP contribution in [-0.2, 0) is 0 Å². The van der Waals surface area contributed by atoms with Gasteiger partial charge in [-0.15, -0.1) is 0 Å². The van der Waals surface area contributed by atoms with E-state index in [0.29, 0.717) is 27.2 Å². The van der Waals surface area contributed by atoms with Gasteiger partial charge >= 0.3 is 0 Å². The minimum Gasteiger partial charge on any atom is -0.370 e. The summed E-state index contributed by atoms with van der Waals surface area (Å²) in [5, 5.41) is 5.95. The molecule has 0 bridgehead atoms. The molecule has 7 heteroatoms. The zero-order valence-electron chi connectivity index (χ0n) is 11.1. The molecule has 0 fully saturated rings. The van der Waals surface area contributed by atoms with E-state index in [-0.39, 0.29) is 16.9 Å². The third kappa shape index (κ3) is 4.28. The standard InChI is InChI=1S/C14H12ClFIN3O/c1-2-18-13-6-8(5-12(15)20-13)14(21)19-11-4-3-9(16)7-10(11)17/h3-7H,2H2,1H3,(H,18,20)(H,19,21). The zero-order valence-corrected chi connectivity index (χ0v) is 14.0. The Labute approximate surface area is 140 Å². The lowest BCUT2D eigenvalue weighted by Gasteiger charge is -2.09. The summed E-state index contributed by atoms with van der Waals surface area (Å²) in [6.07, 6.45) is 0. The summed E-state index contributed by atoms with van der Waals surface area (Å²) in [5.41, 5.74) is 0.922.